The summed E-state index contributed by atoms with van der Waals surface area (Å²) in [4.78, 5) is 4.33. The minimum Gasteiger partial charge on any atom is -0.226 e. The van der Waals surface area contributed by atoms with Crippen LogP contribution >= 0.6 is 22.9 Å². The summed E-state index contributed by atoms with van der Waals surface area (Å²) in [5.41, 5.74) is 2.03. The van der Waals surface area contributed by atoms with Crippen molar-refractivity contribution in [3.8, 4) is 10.6 Å². The summed E-state index contributed by atoms with van der Waals surface area (Å²) in [5.74, 6) is 0. The Morgan fingerprint density at radius 2 is 1.70 bits per heavy atom. The van der Waals surface area contributed by atoms with Gasteiger partial charge in [-0.25, -0.2) is 4.99 Å². The lowest BCUT2D eigenvalue weighted by atomic mass is 10.2. The van der Waals surface area contributed by atoms with Crippen LogP contribution in [0.2, 0.25) is 5.02 Å². The van der Waals surface area contributed by atoms with Crippen molar-refractivity contribution in [1.29, 1.82) is 0 Å². The number of aliphatic imine (C=N–C) groups is 1. The van der Waals surface area contributed by atoms with Gasteiger partial charge in [0, 0.05) is 16.8 Å². The van der Waals surface area contributed by atoms with Gasteiger partial charge in [-0.2, -0.15) is 0 Å². The molecule has 0 unspecified atom stereocenters. The first-order valence-electron chi connectivity index (χ1n) is 6.00. The predicted molar refractivity (Wildman–Crippen MR) is 84.1 cm³/mol. The topological polar surface area (TPSA) is 38.1 Å². The highest BCUT2D eigenvalue weighted by Crippen LogP contribution is 2.27. The molecule has 0 radical (unpaired) electrons. The predicted octanol–water partition coefficient (Wildman–Crippen LogP) is 4.61. The molecule has 0 saturated heterocycles. The zero-order valence-corrected chi connectivity index (χ0v) is 12.0. The Bertz CT molecular complexity index is 720. The van der Waals surface area contributed by atoms with Gasteiger partial charge < -0.3 is 0 Å². The van der Waals surface area contributed by atoms with E-state index in [0.717, 1.165) is 16.1 Å². The fraction of sp³-hybridized carbons (Fsp3) is 0. The normalized spacial score (nSPS) is 11.1. The molecule has 0 atom stereocenters. The number of hydrogen-bond donors (Lipinski definition) is 0. The van der Waals surface area contributed by atoms with Gasteiger partial charge in [-0.05, 0) is 17.7 Å². The summed E-state index contributed by atoms with van der Waals surface area (Å²) in [6.07, 6.45) is 1.76. The summed E-state index contributed by atoms with van der Waals surface area (Å²) in [5, 5.41) is 10.4. The van der Waals surface area contributed by atoms with Gasteiger partial charge in [-0.15, -0.1) is 10.2 Å². The summed E-state index contributed by atoms with van der Waals surface area (Å²) >= 11 is 7.30. The number of rotatable bonds is 3. The molecular weight excluding hydrogens is 290 g/mol. The monoisotopic (exact) mass is 299 g/mol. The minimum absolute atomic E-state index is 0.638. The fourth-order valence-electron chi connectivity index (χ4n) is 1.64. The molecule has 0 amide bonds. The Hall–Kier alpha value is -2.04. The van der Waals surface area contributed by atoms with Crippen molar-refractivity contribution in [3.63, 3.8) is 0 Å². The second-order valence-electron chi connectivity index (χ2n) is 4.07. The van der Waals surface area contributed by atoms with Gasteiger partial charge in [0.1, 0.15) is 5.01 Å². The molecule has 0 aliphatic carbocycles. The highest BCUT2D eigenvalue weighted by Gasteiger charge is 2.04. The molecular formula is C15H10ClN3S. The molecule has 0 bridgehead atoms. The standard InChI is InChI=1S/C15H10ClN3S/c16-13-8-6-11(7-9-13)10-17-15-19-18-14(20-15)12-4-2-1-3-5-12/h1-10H/b17-10+. The van der Waals surface area contributed by atoms with Gasteiger partial charge in [0.2, 0.25) is 5.13 Å². The lowest BCUT2D eigenvalue weighted by Crippen LogP contribution is -1.78. The number of aromatic nitrogens is 2. The van der Waals surface area contributed by atoms with Crippen LogP contribution in [-0.4, -0.2) is 16.4 Å². The Balaban J connectivity index is 1.79. The van der Waals surface area contributed by atoms with E-state index in [0.29, 0.717) is 10.2 Å². The minimum atomic E-state index is 0.638. The van der Waals surface area contributed by atoms with Crippen molar-refractivity contribution in [3.05, 3.63) is 65.2 Å². The van der Waals surface area contributed by atoms with Crippen LogP contribution in [0, 0.1) is 0 Å². The van der Waals surface area contributed by atoms with Crippen LogP contribution in [0.5, 0.6) is 0 Å². The molecule has 3 rings (SSSR count). The molecule has 0 fully saturated rings. The Morgan fingerprint density at radius 1 is 0.950 bits per heavy atom. The van der Waals surface area contributed by atoms with E-state index >= 15 is 0 Å². The molecule has 0 spiro atoms. The molecule has 0 saturated carbocycles. The molecule has 1 aromatic heterocycles. The van der Waals surface area contributed by atoms with Gasteiger partial charge in [-0.3, -0.25) is 0 Å². The quantitative estimate of drug-likeness (QED) is 0.662. The van der Waals surface area contributed by atoms with Crippen LogP contribution < -0.4 is 0 Å². The second-order valence-corrected chi connectivity index (χ2v) is 5.46. The molecule has 2 aromatic carbocycles. The van der Waals surface area contributed by atoms with Crippen LogP contribution in [0.4, 0.5) is 5.13 Å². The van der Waals surface area contributed by atoms with Crippen LogP contribution in [0.3, 0.4) is 0 Å². The fourth-order valence-corrected chi connectivity index (χ4v) is 2.47. The molecule has 20 heavy (non-hydrogen) atoms. The molecule has 0 aliphatic heterocycles. The van der Waals surface area contributed by atoms with Crippen molar-refractivity contribution in [2.75, 3.05) is 0 Å². The van der Waals surface area contributed by atoms with E-state index in [1.54, 1.807) is 6.21 Å². The number of nitrogens with zero attached hydrogens (tertiary/aromatic N) is 3. The average Bonchev–Trinajstić information content (AvgIpc) is 2.97. The van der Waals surface area contributed by atoms with Crippen LogP contribution in [0.15, 0.2) is 59.6 Å². The SMILES string of the molecule is Clc1ccc(/C=N/c2nnc(-c3ccccc3)s2)cc1. The van der Waals surface area contributed by atoms with Gasteiger partial charge in [0.15, 0.2) is 0 Å². The smallest absolute Gasteiger partial charge is 0.226 e. The number of halogens is 1. The summed E-state index contributed by atoms with van der Waals surface area (Å²) in [6, 6.07) is 17.4. The molecule has 5 heteroatoms. The average molecular weight is 300 g/mol. The van der Waals surface area contributed by atoms with Crippen molar-refractivity contribution < 1.29 is 0 Å². The highest BCUT2D eigenvalue weighted by atomic mass is 35.5. The van der Waals surface area contributed by atoms with E-state index in [9.17, 15) is 0 Å². The molecule has 3 aromatic rings. The number of benzene rings is 2. The van der Waals surface area contributed by atoms with Gasteiger partial charge in [0.05, 0.1) is 0 Å². The first-order chi connectivity index (χ1) is 9.81. The zero-order valence-electron chi connectivity index (χ0n) is 10.4. The maximum atomic E-state index is 5.84. The van der Waals surface area contributed by atoms with Crippen molar-refractivity contribution in [2.24, 2.45) is 4.99 Å². The largest absolute Gasteiger partial charge is 0.231 e. The number of hydrogen-bond acceptors (Lipinski definition) is 4. The molecule has 3 nitrogen and oxygen atoms in total. The first-order valence-corrected chi connectivity index (χ1v) is 7.19. The highest BCUT2D eigenvalue weighted by molar-refractivity contribution is 7.18. The third-order valence-corrected chi connectivity index (χ3v) is 3.76. The molecule has 98 valence electrons. The van der Waals surface area contributed by atoms with Crippen molar-refractivity contribution in [2.45, 2.75) is 0 Å². The van der Waals surface area contributed by atoms with E-state index in [4.69, 9.17) is 11.6 Å². The van der Waals surface area contributed by atoms with Crippen LogP contribution in [-0.2, 0) is 0 Å². The summed E-state index contributed by atoms with van der Waals surface area (Å²) < 4.78 is 0. The molecule has 0 aliphatic rings. The Labute approximate surface area is 125 Å². The molecule has 1 heterocycles. The third-order valence-electron chi connectivity index (χ3n) is 2.63. The second kappa shape index (κ2) is 5.94. The van der Waals surface area contributed by atoms with Gasteiger partial charge in [0.25, 0.3) is 0 Å². The third kappa shape index (κ3) is 3.10. The van der Waals surface area contributed by atoms with Crippen molar-refractivity contribution in [1.82, 2.24) is 10.2 Å². The van der Waals surface area contributed by atoms with E-state index in [1.807, 2.05) is 54.6 Å². The van der Waals surface area contributed by atoms with E-state index < -0.39 is 0 Å². The molecule has 0 N–H and O–H groups in total. The van der Waals surface area contributed by atoms with E-state index in [1.165, 1.54) is 11.3 Å². The van der Waals surface area contributed by atoms with Crippen molar-refractivity contribution >= 4 is 34.3 Å². The zero-order chi connectivity index (χ0) is 13.8. The Kier molecular flexibility index (Phi) is 3.85. The lowest BCUT2D eigenvalue weighted by molar-refractivity contribution is 1.09. The van der Waals surface area contributed by atoms with Gasteiger partial charge in [-0.1, -0.05) is 65.4 Å². The van der Waals surface area contributed by atoms with E-state index in [-0.39, 0.29) is 0 Å². The lowest BCUT2D eigenvalue weighted by Gasteiger charge is -1.92. The summed E-state index contributed by atoms with van der Waals surface area (Å²) in [7, 11) is 0. The summed E-state index contributed by atoms with van der Waals surface area (Å²) in [6.45, 7) is 0. The first kappa shape index (κ1) is 13.0. The Morgan fingerprint density at radius 3 is 2.45 bits per heavy atom. The van der Waals surface area contributed by atoms with Gasteiger partial charge >= 0.3 is 0 Å². The van der Waals surface area contributed by atoms with Crippen LogP contribution in [0.25, 0.3) is 10.6 Å². The maximum Gasteiger partial charge on any atom is 0.231 e. The van der Waals surface area contributed by atoms with Crippen LogP contribution in [0.1, 0.15) is 5.56 Å². The van der Waals surface area contributed by atoms with E-state index in [2.05, 4.69) is 15.2 Å². The maximum absolute atomic E-state index is 5.84.